The molecule has 3 atom stereocenters. The highest BCUT2D eigenvalue weighted by atomic mass is 16.4. The summed E-state index contributed by atoms with van der Waals surface area (Å²) < 4.78 is 1.77. The van der Waals surface area contributed by atoms with Gasteiger partial charge in [-0.05, 0) is 49.1 Å². The Hall–Kier alpha value is -4.47. The third kappa shape index (κ3) is 3.73. The number of carbonyl (C=O) groups is 2. The van der Waals surface area contributed by atoms with Crippen molar-refractivity contribution in [1.82, 2.24) is 24.5 Å². The zero-order valence-corrected chi connectivity index (χ0v) is 22.9. The largest absolute Gasteiger partial charge is 0.477 e. The van der Waals surface area contributed by atoms with Gasteiger partial charge < -0.3 is 19.8 Å². The van der Waals surface area contributed by atoms with Gasteiger partial charge in [0.1, 0.15) is 5.82 Å². The highest BCUT2D eigenvalue weighted by molar-refractivity contribution is 5.92. The predicted octanol–water partition coefficient (Wildman–Crippen LogP) is 3.48. The van der Waals surface area contributed by atoms with Crippen LogP contribution >= 0.6 is 0 Å². The number of fused-ring (bicyclic) bond motifs is 1. The number of aryl methyl sites for hydroxylation is 1. The lowest BCUT2D eigenvalue weighted by Gasteiger charge is -2.28. The maximum Gasteiger partial charge on any atom is 0.354 e. The van der Waals surface area contributed by atoms with Crippen LogP contribution in [0.5, 0.6) is 0 Å². The van der Waals surface area contributed by atoms with Gasteiger partial charge in [-0.2, -0.15) is 0 Å². The number of carboxylic acids is 1. The molecule has 10 nitrogen and oxygen atoms in total. The van der Waals surface area contributed by atoms with E-state index >= 15 is 0 Å². The number of nitrogens with zero attached hydrogens (tertiary/aromatic N) is 7. The second-order valence-electron chi connectivity index (χ2n) is 12.4. The van der Waals surface area contributed by atoms with Gasteiger partial charge in [-0.1, -0.05) is 36.4 Å². The number of carbonyl (C=O) groups excluding carboxylic acids is 1. The second kappa shape index (κ2) is 8.52. The van der Waals surface area contributed by atoms with Crippen molar-refractivity contribution in [3.8, 4) is 0 Å². The van der Waals surface area contributed by atoms with Crippen molar-refractivity contribution < 1.29 is 14.7 Å². The van der Waals surface area contributed by atoms with Crippen LogP contribution in [0.4, 0.5) is 11.5 Å². The number of rotatable bonds is 5. The van der Waals surface area contributed by atoms with Crippen molar-refractivity contribution in [2.45, 2.75) is 25.7 Å². The van der Waals surface area contributed by atoms with Crippen LogP contribution in [0.25, 0.3) is 5.65 Å². The zero-order valence-electron chi connectivity index (χ0n) is 22.9. The number of hydrogen-bond donors (Lipinski definition) is 1. The Kier molecular flexibility index (Phi) is 5.05. The first kappa shape index (κ1) is 24.3. The second-order valence-corrected chi connectivity index (χ2v) is 12.4. The number of carboxylic acid groups (broad SMARTS) is 1. The summed E-state index contributed by atoms with van der Waals surface area (Å²) in [6.07, 6.45) is 4.20. The fourth-order valence-electron chi connectivity index (χ4n) is 7.72. The minimum absolute atomic E-state index is 0.0247. The molecular formula is C31H31N7O3. The fraction of sp³-hybridized carbons (Fsp3) is 0.387. The number of amides is 1. The van der Waals surface area contributed by atoms with Crippen LogP contribution in [0.3, 0.4) is 0 Å². The van der Waals surface area contributed by atoms with Crippen LogP contribution in [-0.4, -0.2) is 80.7 Å². The highest BCUT2D eigenvalue weighted by Crippen LogP contribution is 2.72. The lowest BCUT2D eigenvalue weighted by Crippen LogP contribution is -2.39. The van der Waals surface area contributed by atoms with Crippen LogP contribution in [0.1, 0.15) is 51.0 Å². The van der Waals surface area contributed by atoms with Gasteiger partial charge in [0.15, 0.2) is 11.3 Å². The number of aromatic nitrogens is 4. The number of anilines is 2. The molecule has 4 aromatic rings. The topological polar surface area (TPSA) is 107 Å². The van der Waals surface area contributed by atoms with Crippen molar-refractivity contribution in [1.29, 1.82) is 0 Å². The quantitative estimate of drug-likeness (QED) is 0.403. The van der Waals surface area contributed by atoms with Crippen LogP contribution < -0.4 is 9.80 Å². The molecule has 208 valence electrons. The Morgan fingerprint density at radius 2 is 1.73 bits per heavy atom. The zero-order chi connectivity index (χ0) is 27.9. The first-order chi connectivity index (χ1) is 19.8. The summed E-state index contributed by atoms with van der Waals surface area (Å²) in [6, 6.07) is 18.0. The molecule has 3 unspecified atom stereocenters. The predicted molar refractivity (Wildman–Crippen MR) is 153 cm³/mol. The number of benzene rings is 1. The normalized spacial score (nSPS) is 26.5. The van der Waals surface area contributed by atoms with Gasteiger partial charge in [0.2, 0.25) is 5.82 Å². The molecule has 3 aliphatic heterocycles. The summed E-state index contributed by atoms with van der Waals surface area (Å²) >= 11 is 0. The van der Waals surface area contributed by atoms with Gasteiger partial charge in [-0.3, -0.25) is 4.79 Å². The molecule has 10 heteroatoms. The summed E-state index contributed by atoms with van der Waals surface area (Å²) in [5, 5.41) is 14.0. The third-order valence-corrected chi connectivity index (χ3v) is 9.83. The Labute approximate surface area is 237 Å². The van der Waals surface area contributed by atoms with Crippen LogP contribution in [0.15, 0.2) is 60.8 Å². The Morgan fingerprint density at radius 1 is 0.951 bits per heavy atom. The fourth-order valence-corrected chi connectivity index (χ4v) is 7.72. The highest BCUT2D eigenvalue weighted by Gasteiger charge is 2.76. The molecule has 1 amide bonds. The maximum atomic E-state index is 13.6. The van der Waals surface area contributed by atoms with E-state index in [0.29, 0.717) is 30.5 Å². The van der Waals surface area contributed by atoms with Crippen LogP contribution in [0.2, 0.25) is 0 Å². The van der Waals surface area contributed by atoms with E-state index in [4.69, 9.17) is 0 Å². The third-order valence-electron chi connectivity index (χ3n) is 9.83. The molecule has 41 heavy (non-hydrogen) atoms. The monoisotopic (exact) mass is 549 g/mol. The van der Waals surface area contributed by atoms with E-state index in [2.05, 4.69) is 61.3 Å². The summed E-state index contributed by atoms with van der Waals surface area (Å²) in [4.78, 5) is 40.5. The van der Waals surface area contributed by atoms with Gasteiger partial charge in [0.25, 0.3) is 5.91 Å². The first-order valence-electron chi connectivity index (χ1n) is 14.2. The average Bonchev–Trinajstić information content (AvgIpc) is 3.52. The Balaban J connectivity index is 0.983. The van der Waals surface area contributed by atoms with Gasteiger partial charge in [-0.25, -0.2) is 19.3 Å². The molecular weight excluding hydrogens is 518 g/mol. The van der Waals surface area contributed by atoms with E-state index < -0.39 is 5.97 Å². The molecule has 1 saturated carbocycles. The molecule has 3 aromatic heterocycles. The Morgan fingerprint density at radius 3 is 2.49 bits per heavy atom. The molecule has 3 saturated heterocycles. The number of pyridine rings is 2. The molecule has 4 fully saturated rings. The van der Waals surface area contributed by atoms with Crippen molar-refractivity contribution in [3.05, 3.63) is 83.4 Å². The minimum atomic E-state index is -1.02. The van der Waals surface area contributed by atoms with Crippen molar-refractivity contribution in [2.75, 3.05) is 49.1 Å². The van der Waals surface area contributed by atoms with E-state index in [0.717, 1.165) is 50.3 Å². The molecule has 8 rings (SSSR count). The van der Waals surface area contributed by atoms with Gasteiger partial charge in [0, 0.05) is 56.0 Å². The van der Waals surface area contributed by atoms with E-state index in [1.807, 2.05) is 24.1 Å². The molecule has 4 aliphatic rings. The lowest BCUT2D eigenvalue weighted by molar-refractivity contribution is 0.0689. The lowest BCUT2D eigenvalue weighted by atomic mass is 9.99. The first-order valence-corrected chi connectivity index (χ1v) is 14.2. The average molecular weight is 550 g/mol. The van der Waals surface area contributed by atoms with E-state index in [1.54, 1.807) is 10.6 Å². The number of piperidine rings is 2. The van der Waals surface area contributed by atoms with Crippen LogP contribution in [-0.2, 0) is 0 Å². The summed E-state index contributed by atoms with van der Waals surface area (Å²) in [7, 11) is 0. The SMILES string of the molecule is Cc1cc(N2CCC(c3ccccc3)C2)cn2nc(C(=O)N3CC45CN(c6cccc(C(=O)O)n6)CC4(C3)C5)nc12. The maximum absolute atomic E-state index is 13.6. The number of hydrogen-bond acceptors (Lipinski definition) is 7. The van der Waals surface area contributed by atoms with Gasteiger partial charge in [0.05, 0.1) is 11.9 Å². The van der Waals surface area contributed by atoms with E-state index in [9.17, 15) is 14.7 Å². The standard InChI is InChI=1S/C31H31N7O3/c1-20-12-23(35-11-10-22(13-35)21-6-3-2-4-7-21)14-38-27(20)33-26(34-38)28(39)37-18-30-15-31(30,19-37)17-36(16-30)25-9-5-8-24(32-25)29(40)41/h2-9,12,14,22H,10-11,13,15-19H2,1H3,(H,40,41). The molecule has 0 bridgehead atoms. The van der Waals surface area contributed by atoms with Gasteiger partial charge >= 0.3 is 5.97 Å². The van der Waals surface area contributed by atoms with Gasteiger partial charge in [-0.15, -0.1) is 5.10 Å². The summed E-state index contributed by atoms with van der Waals surface area (Å²) in [5.41, 5.74) is 4.30. The van der Waals surface area contributed by atoms with Crippen molar-refractivity contribution in [3.63, 3.8) is 0 Å². The number of aromatic carboxylic acids is 1. The van der Waals surface area contributed by atoms with E-state index in [1.165, 1.54) is 11.6 Å². The number of likely N-dealkylation sites (tertiary alicyclic amines) is 1. The van der Waals surface area contributed by atoms with Crippen molar-refractivity contribution >= 4 is 29.0 Å². The molecule has 1 aliphatic carbocycles. The summed E-state index contributed by atoms with van der Waals surface area (Å²) in [5.74, 6) is 0.299. The Bertz CT molecular complexity index is 1700. The molecule has 6 heterocycles. The summed E-state index contributed by atoms with van der Waals surface area (Å²) in [6.45, 7) is 6.84. The molecule has 0 spiro atoms. The van der Waals surface area contributed by atoms with E-state index in [-0.39, 0.29) is 28.3 Å². The molecule has 1 aromatic carbocycles. The smallest absolute Gasteiger partial charge is 0.354 e. The molecule has 1 N–H and O–H groups in total. The van der Waals surface area contributed by atoms with Crippen molar-refractivity contribution in [2.24, 2.45) is 10.8 Å². The van der Waals surface area contributed by atoms with Crippen LogP contribution in [0, 0.1) is 17.8 Å². The minimum Gasteiger partial charge on any atom is -0.477 e. The molecule has 0 radical (unpaired) electrons.